The van der Waals surface area contributed by atoms with Crippen LogP contribution in [0.15, 0.2) is 73.1 Å². The molecule has 69 heavy (non-hydrogen) atoms. The van der Waals surface area contributed by atoms with Gasteiger partial charge in [0.1, 0.15) is 29.7 Å². The van der Waals surface area contributed by atoms with Crippen molar-refractivity contribution in [1.82, 2.24) is 39.7 Å². The molecule has 0 unspecified atom stereocenters. The monoisotopic (exact) mass is 968 g/mol. The molecule has 6 aromatic rings. The molecule has 0 bridgehead atoms. The van der Waals surface area contributed by atoms with Crippen molar-refractivity contribution in [2.75, 3.05) is 91.9 Å². The number of anilines is 1. The molecule has 1 saturated carbocycles. The number of hydrogen-bond acceptors (Lipinski definition) is 13. The molecular formula is C52H70ClN9O7. The van der Waals surface area contributed by atoms with E-state index in [1.165, 1.54) is 31.9 Å². The van der Waals surface area contributed by atoms with Crippen LogP contribution in [0.25, 0.3) is 32.9 Å². The van der Waals surface area contributed by atoms with Crippen molar-refractivity contribution in [2.45, 2.75) is 78.6 Å². The lowest BCUT2D eigenvalue weighted by molar-refractivity contribution is -0.00424. The third-order valence-electron chi connectivity index (χ3n) is 12.9. The second-order valence-electron chi connectivity index (χ2n) is 19.0. The van der Waals surface area contributed by atoms with Crippen LogP contribution in [-0.2, 0) is 38.6 Å². The number of H-pyrrole nitrogens is 1. The van der Waals surface area contributed by atoms with Crippen LogP contribution in [0, 0.1) is 11.3 Å². The van der Waals surface area contributed by atoms with Gasteiger partial charge in [-0.3, -0.25) is 4.90 Å². The van der Waals surface area contributed by atoms with Crippen molar-refractivity contribution in [3.05, 3.63) is 95.2 Å². The molecule has 3 aromatic heterocycles. The number of halogens is 1. The maximum Gasteiger partial charge on any atom is 0.337 e. The number of carboxylic acid groups (broad SMARTS) is 1. The predicted molar refractivity (Wildman–Crippen MR) is 270 cm³/mol. The molecule has 0 amide bonds. The fraction of sp³-hybridized carbons (Fsp3) is 0.519. The third kappa shape index (κ3) is 15.4. The molecule has 17 heteroatoms. The molecule has 0 radical (unpaired) electrons. The highest BCUT2D eigenvalue weighted by molar-refractivity contribution is 6.34. The molecule has 0 spiro atoms. The number of aromatic carboxylic acids is 1. The molecule has 0 saturated heterocycles. The summed E-state index contributed by atoms with van der Waals surface area (Å²) in [6.45, 7) is 15.4. The van der Waals surface area contributed by atoms with E-state index in [2.05, 4.69) is 89.5 Å². The Balaban J connectivity index is 0.672. The van der Waals surface area contributed by atoms with E-state index in [1.807, 2.05) is 30.5 Å². The highest BCUT2D eigenvalue weighted by Gasteiger charge is 2.31. The highest BCUT2D eigenvalue weighted by Crippen LogP contribution is 2.39. The first-order valence-electron chi connectivity index (χ1n) is 24.3. The van der Waals surface area contributed by atoms with Crippen molar-refractivity contribution >= 4 is 45.2 Å². The van der Waals surface area contributed by atoms with E-state index in [0.29, 0.717) is 98.2 Å². The van der Waals surface area contributed by atoms with Crippen LogP contribution in [0.1, 0.15) is 74.8 Å². The van der Waals surface area contributed by atoms with Gasteiger partial charge in [-0.1, -0.05) is 61.9 Å². The standard InChI is InChI=1S/C52H70ClN9O7/c1-52(2,3)38-13-15-40(16-14-38)61(5)35-49-56-47-10-7-6-9-42(47)50(57-49)54-19-8-20-60(4)21-23-65-25-27-67-29-30-68-28-26-66-24-22-62-34-39(58-59-62)36-69-41-17-11-37(12-18-41)43-31-44-45(51(63)64)33-55-48(44)32-46(43)53/h6-7,9-12,17-18,31-34,38,40,55H,8,13-16,19-30,35-36H2,1-5H3,(H,63,64)(H,54,56,57). The Bertz CT molecular complexity index is 2520. The van der Waals surface area contributed by atoms with Crippen LogP contribution in [0.5, 0.6) is 5.75 Å². The average Bonchev–Trinajstić information content (AvgIpc) is 3.98. The van der Waals surface area contributed by atoms with Gasteiger partial charge in [-0.2, -0.15) is 0 Å². The smallest absolute Gasteiger partial charge is 0.337 e. The number of fused-ring (bicyclic) bond motifs is 2. The molecule has 372 valence electrons. The van der Waals surface area contributed by atoms with Gasteiger partial charge in [0.05, 0.1) is 88.2 Å². The van der Waals surface area contributed by atoms with Gasteiger partial charge in [0.2, 0.25) is 0 Å². The molecule has 0 atom stereocenters. The summed E-state index contributed by atoms with van der Waals surface area (Å²) in [5.74, 6) is 2.25. The van der Waals surface area contributed by atoms with Gasteiger partial charge in [-0.15, -0.1) is 5.10 Å². The summed E-state index contributed by atoms with van der Waals surface area (Å²) in [6.07, 6.45) is 9.35. The zero-order valence-electron chi connectivity index (χ0n) is 40.9. The Kier molecular flexibility index (Phi) is 19.2. The first-order chi connectivity index (χ1) is 33.4. The molecule has 7 rings (SSSR count). The van der Waals surface area contributed by atoms with Crippen LogP contribution in [-0.4, -0.2) is 143 Å². The summed E-state index contributed by atoms with van der Waals surface area (Å²) < 4.78 is 30.5. The minimum Gasteiger partial charge on any atom is -0.487 e. The van der Waals surface area contributed by atoms with Crippen molar-refractivity contribution in [2.24, 2.45) is 11.3 Å². The van der Waals surface area contributed by atoms with Crippen molar-refractivity contribution in [3.63, 3.8) is 0 Å². The highest BCUT2D eigenvalue weighted by atomic mass is 35.5. The maximum atomic E-state index is 11.6. The summed E-state index contributed by atoms with van der Waals surface area (Å²) >= 11 is 6.52. The summed E-state index contributed by atoms with van der Waals surface area (Å²) in [4.78, 5) is 29.3. The molecule has 16 nitrogen and oxygen atoms in total. The first-order valence-corrected chi connectivity index (χ1v) is 24.6. The number of ether oxygens (including phenoxy) is 5. The molecular weight excluding hydrogens is 898 g/mol. The molecule has 0 aliphatic heterocycles. The Morgan fingerprint density at radius 2 is 1.57 bits per heavy atom. The zero-order valence-corrected chi connectivity index (χ0v) is 41.7. The summed E-state index contributed by atoms with van der Waals surface area (Å²) in [7, 11) is 4.36. The van der Waals surface area contributed by atoms with E-state index in [-0.39, 0.29) is 12.2 Å². The van der Waals surface area contributed by atoms with Gasteiger partial charge in [0, 0.05) is 47.2 Å². The summed E-state index contributed by atoms with van der Waals surface area (Å²) in [5.41, 5.74) is 4.50. The molecule has 1 aliphatic carbocycles. The average molecular weight is 969 g/mol. The number of likely N-dealkylation sites (N-methyl/N-ethyl adjacent to an activating group) is 1. The fourth-order valence-corrected chi connectivity index (χ4v) is 9.09. The third-order valence-corrected chi connectivity index (χ3v) is 13.2. The summed E-state index contributed by atoms with van der Waals surface area (Å²) in [6, 6.07) is 19.8. The summed E-state index contributed by atoms with van der Waals surface area (Å²) in [5, 5.41) is 23.7. The minimum atomic E-state index is -0.999. The van der Waals surface area contributed by atoms with Crippen LogP contribution < -0.4 is 10.1 Å². The minimum absolute atomic E-state index is 0.198. The van der Waals surface area contributed by atoms with Gasteiger partial charge in [0.25, 0.3) is 0 Å². The first kappa shape index (κ1) is 51.6. The number of benzene rings is 3. The number of aromatic nitrogens is 6. The Hall–Kier alpha value is -5.20. The zero-order chi connectivity index (χ0) is 48.6. The van der Waals surface area contributed by atoms with E-state index in [9.17, 15) is 9.90 Å². The van der Waals surface area contributed by atoms with Crippen molar-refractivity contribution in [3.8, 4) is 16.9 Å². The Morgan fingerprint density at radius 3 is 2.28 bits per heavy atom. The van der Waals surface area contributed by atoms with E-state index in [0.717, 1.165) is 72.2 Å². The van der Waals surface area contributed by atoms with E-state index in [4.69, 9.17) is 45.3 Å². The van der Waals surface area contributed by atoms with Gasteiger partial charge >= 0.3 is 5.97 Å². The Labute approximate surface area is 411 Å². The molecule has 1 aliphatic rings. The van der Waals surface area contributed by atoms with Gasteiger partial charge < -0.3 is 44.0 Å². The van der Waals surface area contributed by atoms with Crippen molar-refractivity contribution in [1.29, 1.82) is 0 Å². The van der Waals surface area contributed by atoms with Crippen LogP contribution in [0.3, 0.4) is 0 Å². The van der Waals surface area contributed by atoms with E-state index in [1.54, 1.807) is 16.8 Å². The van der Waals surface area contributed by atoms with E-state index < -0.39 is 5.97 Å². The predicted octanol–water partition coefficient (Wildman–Crippen LogP) is 8.84. The largest absolute Gasteiger partial charge is 0.487 e. The number of rotatable bonds is 28. The molecule has 3 aromatic carbocycles. The molecule has 3 N–H and O–H groups in total. The Morgan fingerprint density at radius 1 is 0.870 bits per heavy atom. The topological polar surface area (TPSA) is 174 Å². The molecule has 1 fully saturated rings. The fourth-order valence-electron chi connectivity index (χ4n) is 8.82. The normalized spacial score (nSPS) is 15.5. The lowest BCUT2D eigenvalue weighted by Gasteiger charge is -2.39. The number of carbonyl (C=O) groups is 1. The van der Waals surface area contributed by atoms with Crippen LogP contribution in [0.2, 0.25) is 5.02 Å². The second kappa shape index (κ2) is 25.6. The molecule has 3 heterocycles. The van der Waals surface area contributed by atoms with E-state index >= 15 is 0 Å². The SMILES string of the molecule is CN(CCCNc1nc(CN(C)C2CCC(C(C)(C)C)CC2)nc2ccccc12)CCOCCOCCOCCOCCn1cc(COc2ccc(-c3cc4c(C(=O)O)c[nH]c4cc3Cl)cc2)nn1. The van der Waals surface area contributed by atoms with Gasteiger partial charge in [0.15, 0.2) is 0 Å². The number of aromatic amines is 1. The maximum absolute atomic E-state index is 11.6. The van der Waals surface area contributed by atoms with Crippen LogP contribution in [0.4, 0.5) is 5.82 Å². The van der Waals surface area contributed by atoms with Crippen LogP contribution >= 0.6 is 11.6 Å². The quantitative estimate of drug-likeness (QED) is 0.0398. The lowest BCUT2D eigenvalue weighted by atomic mass is 9.71. The second-order valence-corrected chi connectivity index (χ2v) is 19.4. The number of nitrogens with one attached hydrogen (secondary N) is 2. The number of hydrogen-bond donors (Lipinski definition) is 3. The van der Waals surface area contributed by atoms with Gasteiger partial charge in [-0.25, -0.2) is 19.4 Å². The van der Waals surface area contributed by atoms with Crippen molar-refractivity contribution < 1.29 is 33.6 Å². The number of para-hydroxylation sites is 1. The van der Waals surface area contributed by atoms with Gasteiger partial charge in [-0.05, 0) is 106 Å². The number of carboxylic acids is 1. The number of nitrogens with zero attached hydrogens (tertiary/aromatic N) is 7. The lowest BCUT2D eigenvalue weighted by Crippen LogP contribution is -2.37.